The summed E-state index contributed by atoms with van der Waals surface area (Å²) in [6.07, 6.45) is 6.10. The van der Waals surface area contributed by atoms with Gasteiger partial charge in [-0.3, -0.25) is 0 Å². The van der Waals surface area contributed by atoms with E-state index >= 15 is 0 Å². The maximum absolute atomic E-state index is 5.60. The molecular weight excluding hydrogens is 124 g/mol. The van der Waals surface area contributed by atoms with Gasteiger partial charge >= 0.3 is 0 Å². The highest BCUT2D eigenvalue weighted by atomic mass is 16.5. The zero-order valence-corrected chi connectivity index (χ0v) is 6.42. The molecule has 10 heavy (non-hydrogen) atoms. The molecule has 0 spiro atoms. The largest absolute Gasteiger partial charge is 0.358 e. The second kappa shape index (κ2) is 1.96. The van der Waals surface area contributed by atoms with E-state index in [1.807, 2.05) is 0 Å². The molecule has 1 nitrogen and oxygen atoms in total. The van der Waals surface area contributed by atoms with Crippen LogP contribution in [-0.2, 0) is 4.74 Å². The van der Waals surface area contributed by atoms with Gasteiger partial charge in [0, 0.05) is 0 Å². The molecule has 2 rings (SSSR count). The van der Waals surface area contributed by atoms with Gasteiger partial charge < -0.3 is 4.74 Å². The van der Waals surface area contributed by atoms with Gasteiger partial charge in [-0.25, -0.2) is 0 Å². The molecule has 0 amide bonds. The molecule has 0 aromatic heterocycles. The summed E-state index contributed by atoms with van der Waals surface area (Å²) in [5.74, 6) is 0. The Labute approximate surface area is 61.4 Å². The van der Waals surface area contributed by atoms with E-state index in [2.05, 4.69) is 26.0 Å². The molecule has 2 aliphatic heterocycles. The predicted molar refractivity (Wildman–Crippen MR) is 40.8 cm³/mol. The van der Waals surface area contributed by atoms with Gasteiger partial charge in [-0.15, -0.1) is 0 Å². The van der Waals surface area contributed by atoms with Gasteiger partial charge in [0.1, 0.15) is 0 Å². The van der Waals surface area contributed by atoms with Crippen molar-refractivity contribution >= 4 is 0 Å². The summed E-state index contributed by atoms with van der Waals surface area (Å²) in [5.41, 5.74) is 2.93. The zero-order valence-electron chi connectivity index (χ0n) is 6.42. The lowest BCUT2D eigenvalue weighted by Gasteiger charge is -2.06. The lowest BCUT2D eigenvalue weighted by molar-refractivity contribution is 0.127. The highest BCUT2D eigenvalue weighted by Gasteiger charge is 2.31. The summed E-state index contributed by atoms with van der Waals surface area (Å²) in [5, 5.41) is 0. The molecule has 2 unspecified atom stereocenters. The molecule has 0 aromatic carbocycles. The fourth-order valence-corrected chi connectivity index (χ4v) is 1.78. The second-order valence-corrected chi connectivity index (χ2v) is 2.92. The third-order valence-corrected chi connectivity index (χ3v) is 2.41. The molecule has 2 atom stereocenters. The fraction of sp³-hybridized carbons (Fsp3) is 0.556. The van der Waals surface area contributed by atoms with Crippen LogP contribution in [0, 0.1) is 0 Å². The smallest absolute Gasteiger partial charge is 0.0983 e. The molecule has 2 heterocycles. The Morgan fingerprint density at radius 3 is 2.50 bits per heavy atom. The number of fused-ring (bicyclic) bond motifs is 2. The molecule has 0 aromatic rings. The third kappa shape index (κ3) is 0.613. The van der Waals surface area contributed by atoms with Crippen LogP contribution >= 0.6 is 0 Å². The second-order valence-electron chi connectivity index (χ2n) is 2.92. The summed E-state index contributed by atoms with van der Waals surface area (Å²) in [6.45, 7) is 4.36. The van der Waals surface area contributed by atoms with E-state index in [9.17, 15) is 0 Å². The van der Waals surface area contributed by atoms with Gasteiger partial charge in [0.25, 0.3) is 0 Å². The highest BCUT2D eigenvalue weighted by Crippen LogP contribution is 2.35. The molecule has 0 saturated carbocycles. The minimum absolute atomic E-state index is 0.319. The van der Waals surface area contributed by atoms with Crippen molar-refractivity contribution in [3.63, 3.8) is 0 Å². The Kier molecular flexibility index (Phi) is 1.21. The zero-order chi connectivity index (χ0) is 7.14. The first-order valence-electron chi connectivity index (χ1n) is 3.86. The van der Waals surface area contributed by atoms with Gasteiger partial charge in [0.15, 0.2) is 0 Å². The van der Waals surface area contributed by atoms with E-state index in [1.165, 1.54) is 11.1 Å². The van der Waals surface area contributed by atoms with Crippen molar-refractivity contribution in [3.05, 3.63) is 23.3 Å². The van der Waals surface area contributed by atoms with E-state index in [0.29, 0.717) is 12.2 Å². The van der Waals surface area contributed by atoms with Crippen LogP contribution in [0.5, 0.6) is 0 Å². The lowest BCUT2D eigenvalue weighted by atomic mass is 9.97. The Hall–Kier alpha value is -0.560. The maximum Gasteiger partial charge on any atom is 0.0983 e. The van der Waals surface area contributed by atoms with Crippen LogP contribution < -0.4 is 0 Å². The van der Waals surface area contributed by atoms with Crippen LogP contribution in [0.25, 0.3) is 0 Å². The molecular formula is C9H12O. The number of ether oxygens (including phenoxy) is 1. The predicted octanol–water partition coefficient (Wildman–Crippen LogP) is 2.05. The highest BCUT2D eigenvalue weighted by molar-refractivity contribution is 5.37. The Bertz CT molecular complexity index is 213. The molecule has 2 bridgehead atoms. The molecule has 0 aliphatic carbocycles. The standard InChI is InChI=1S/C9H12O/c1-3-7-6(2)8-4-5-9(7)10-8/h4-5,8-9H,3H2,1-2H3. The van der Waals surface area contributed by atoms with E-state index in [1.54, 1.807) is 0 Å². The molecule has 0 radical (unpaired) electrons. The minimum atomic E-state index is 0.319. The monoisotopic (exact) mass is 136 g/mol. The Morgan fingerprint density at radius 1 is 1.40 bits per heavy atom. The van der Waals surface area contributed by atoms with Crippen LogP contribution in [0.2, 0.25) is 0 Å². The quantitative estimate of drug-likeness (QED) is 0.501. The van der Waals surface area contributed by atoms with Gasteiger partial charge in [-0.1, -0.05) is 19.1 Å². The first kappa shape index (κ1) is 6.17. The SMILES string of the molecule is CCC1=C(C)C2C=CC1O2. The number of hydrogen-bond acceptors (Lipinski definition) is 1. The van der Waals surface area contributed by atoms with Crippen LogP contribution in [0.4, 0.5) is 0 Å². The van der Waals surface area contributed by atoms with Crippen LogP contribution in [-0.4, -0.2) is 12.2 Å². The van der Waals surface area contributed by atoms with Crippen molar-refractivity contribution in [1.29, 1.82) is 0 Å². The van der Waals surface area contributed by atoms with Crippen molar-refractivity contribution < 1.29 is 4.74 Å². The van der Waals surface area contributed by atoms with E-state index in [0.717, 1.165) is 6.42 Å². The lowest BCUT2D eigenvalue weighted by Crippen LogP contribution is -2.02. The summed E-state index contributed by atoms with van der Waals surface area (Å²) >= 11 is 0. The van der Waals surface area contributed by atoms with E-state index in [4.69, 9.17) is 4.74 Å². The summed E-state index contributed by atoms with van der Waals surface area (Å²) in [4.78, 5) is 0. The average Bonchev–Trinajstić information content (AvgIpc) is 2.46. The van der Waals surface area contributed by atoms with Crippen molar-refractivity contribution in [1.82, 2.24) is 0 Å². The van der Waals surface area contributed by atoms with Crippen LogP contribution in [0.3, 0.4) is 0 Å². The molecule has 54 valence electrons. The molecule has 0 N–H and O–H groups in total. The minimum Gasteiger partial charge on any atom is -0.358 e. The Morgan fingerprint density at radius 2 is 2.10 bits per heavy atom. The molecule has 1 heteroatoms. The molecule has 0 saturated heterocycles. The summed E-state index contributed by atoms with van der Waals surface area (Å²) in [7, 11) is 0. The van der Waals surface area contributed by atoms with Crippen molar-refractivity contribution in [2.45, 2.75) is 32.5 Å². The van der Waals surface area contributed by atoms with Crippen LogP contribution in [0.15, 0.2) is 23.3 Å². The van der Waals surface area contributed by atoms with Crippen molar-refractivity contribution in [2.75, 3.05) is 0 Å². The van der Waals surface area contributed by atoms with Crippen molar-refractivity contribution in [2.24, 2.45) is 0 Å². The van der Waals surface area contributed by atoms with E-state index < -0.39 is 0 Å². The van der Waals surface area contributed by atoms with Gasteiger partial charge in [0.05, 0.1) is 12.2 Å². The first-order valence-corrected chi connectivity index (χ1v) is 3.86. The molecule has 0 fully saturated rings. The topological polar surface area (TPSA) is 9.23 Å². The third-order valence-electron chi connectivity index (χ3n) is 2.41. The maximum atomic E-state index is 5.60. The number of rotatable bonds is 1. The normalized spacial score (nSPS) is 36.2. The first-order chi connectivity index (χ1) is 4.83. The van der Waals surface area contributed by atoms with Gasteiger partial charge in [0.2, 0.25) is 0 Å². The van der Waals surface area contributed by atoms with Crippen LogP contribution in [0.1, 0.15) is 20.3 Å². The van der Waals surface area contributed by atoms with E-state index in [-0.39, 0.29) is 0 Å². The number of hydrogen-bond donors (Lipinski definition) is 0. The summed E-state index contributed by atoms with van der Waals surface area (Å²) in [6, 6.07) is 0. The van der Waals surface area contributed by atoms with Crippen molar-refractivity contribution in [3.8, 4) is 0 Å². The fourth-order valence-electron chi connectivity index (χ4n) is 1.78. The van der Waals surface area contributed by atoms with Gasteiger partial charge in [-0.2, -0.15) is 0 Å². The Balaban J connectivity index is 2.33. The summed E-state index contributed by atoms with van der Waals surface area (Å²) < 4.78 is 5.60. The molecule has 2 aliphatic rings. The van der Waals surface area contributed by atoms with Gasteiger partial charge in [-0.05, 0) is 24.5 Å². The average molecular weight is 136 g/mol.